The van der Waals surface area contributed by atoms with Gasteiger partial charge in [0.05, 0.1) is 17.8 Å². The first-order valence-electron chi connectivity index (χ1n) is 5.92. The molecule has 0 atom stereocenters. The smallest absolute Gasteiger partial charge is 0.214 e. The summed E-state index contributed by atoms with van der Waals surface area (Å²) in [6.45, 7) is 2.37. The van der Waals surface area contributed by atoms with Crippen LogP contribution in [0.15, 0.2) is 30.3 Å². The summed E-state index contributed by atoms with van der Waals surface area (Å²) in [4.78, 5) is 4.36. The molecule has 4 nitrogen and oxygen atoms in total. The van der Waals surface area contributed by atoms with Crippen molar-refractivity contribution in [2.45, 2.75) is 13.5 Å². The van der Waals surface area contributed by atoms with Gasteiger partial charge in [-0.1, -0.05) is 29.8 Å². The average Bonchev–Trinajstić information content (AvgIpc) is 2.43. The molecular weight excluding hydrogens is 297 g/mol. The van der Waals surface area contributed by atoms with Gasteiger partial charge >= 0.3 is 0 Å². The Kier molecular flexibility index (Phi) is 6.07. The van der Waals surface area contributed by atoms with Gasteiger partial charge in [0.2, 0.25) is 5.88 Å². The SMILES string of the molecule is COc1ccc(C)c(Nc2cccc(CN)c2Cl)n1.Cl. The molecule has 0 saturated heterocycles. The number of hydrogen-bond acceptors (Lipinski definition) is 4. The number of pyridine rings is 1. The topological polar surface area (TPSA) is 60.2 Å². The molecule has 0 amide bonds. The number of nitrogens with zero attached hydrogens (tertiary/aromatic N) is 1. The lowest BCUT2D eigenvalue weighted by molar-refractivity contribution is 0.398. The van der Waals surface area contributed by atoms with Crippen molar-refractivity contribution in [3.05, 3.63) is 46.5 Å². The summed E-state index contributed by atoms with van der Waals surface area (Å²) < 4.78 is 5.12. The molecule has 0 fully saturated rings. The number of halogens is 2. The Morgan fingerprint density at radius 2 is 2.05 bits per heavy atom. The number of ether oxygens (including phenoxy) is 1. The van der Waals surface area contributed by atoms with E-state index >= 15 is 0 Å². The highest BCUT2D eigenvalue weighted by atomic mass is 35.5. The van der Waals surface area contributed by atoms with E-state index < -0.39 is 0 Å². The van der Waals surface area contributed by atoms with Gasteiger partial charge in [-0.3, -0.25) is 0 Å². The van der Waals surface area contributed by atoms with Crippen LogP contribution >= 0.6 is 24.0 Å². The predicted octanol–water partition coefficient (Wildman–Crippen LogP) is 3.68. The Balaban J connectivity index is 0.00000200. The largest absolute Gasteiger partial charge is 0.481 e. The van der Waals surface area contributed by atoms with Gasteiger partial charge < -0.3 is 15.8 Å². The monoisotopic (exact) mass is 313 g/mol. The predicted molar refractivity (Wildman–Crippen MR) is 85.4 cm³/mol. The maximum absolute atomic E-state index is 6.28. The van der Waals surface area contributed by atoms with Crippen molar-refractivity contribution >= 4 is 35.5 Å². The zero-order valence-electron chi connectivity index (χ0n) is 11.3. The van der Waals surface area contributed by atoms with E-state index in [-0.39, 0.29) is 12.4 Å². The molecule has 20 heavy (non-hydrogen) atoms. The molecule has 1 aromatic carbocycles. The van der Waals surface area contributed by atoms with Crippen molar-refractivity contribution in [2.75, 3.05) is 12.4 Å². The molecule has 0 saturated carbocycles. The quantitative estimate of drug-likeness (QED) is 0.904. The van der Waals surface area contributed by atoms with Crippen LogP contribution in [-0.2, 0) is 6.54 Å². The van der Waals surface area contributed by atoms with E-state index in [4.69, 9.17) is 22.1 Å². The molecular formula is C14H17Cl2N3O. The van der Waals surface area contributed by atoms with Gasteiger partial charge in [-0.25, -0.2) is 0 Å². The van der Waals surface area contributed by atoms with Crippen molar-refractivity contribution in [1.29, 1.82) is 0 Å². The van der Waals surface area contributed by atoms with E-state index in [2.05, 4.69) is 10.3 Å². The molecule has 0 aliphatic rings. The first-order chi connectivity index (χ1) is 9.15. The molecule has 1 aromatic heterocycles. The average molecular weight is 314 g/mol. The number of nitrogens with two attached hydrogens (primary N) is 1. The fraction of sp³-hybridized carbons (Fsp3) is 0.214. The molecule has 6 heteroatoms. The minimum absolute atomic E-state index is 0. The van der Waals surface area contributed by atoms with Crippen LogP contribution in [0, 0.1) is 6.92 Å². The summed E-state index contributed by atoms with van der Waals surface area (Å²) in [6.07, 6.45) is 0. The third-order valence-corrected chi connectivity index (χ3v) is 3.28. The Morgan fingerprint density at radius 3 is 2.70 bits per heavy atom. The Bertz CT molecular complexity index is 591. The van der Waals surface area contributed by atoms with Crippen molar-refractivity contribution in [1.82, 2.24) is 4.98 Å². The fourth-order valence-corrected chi connectivity index (χ4v) is 1.96. The van der Waals surface area contributed by atoms with E-state index in [9.17, 15) is 0 Å². The first kappa shape index (κ1) is 16.6. The highest BCUT2D eigenvalue weighted by Gasteiger charge is 2.08. The van der Waals surface area contributed by atoms with Crippen LogP contribution < -0.4 is 15.8 Å². The number of aryl methyl sites for hydroxylation is 1. The summed E-state index contributed by atoms with van der Waals surface area (Å²) in [5.41, 5.74) is 8.33. The number of nitrogens with one attached hydrogen (secondary N) is 1. The molecule has 0 spiro atoms. The van der Waals surface area contributed by atoms with Crippen LogP contribution in [0.4, 0.5) is 11.5 Å². The minimum atomic E-state index is 0. The van der Waals surface area contributed by atoms with Crippen LogP contribution in [0.3, 0.4) is 0 Å². The number of methoxy groups -OCH3 is 1. The lowest BCUT2D eigenvalue weighted by Crippen LogP contribution is -2.02. The van der Waals surface area contributed by atoms with Crippen molar-refractivity contribution in [3.8, 4) is 5.88 Å². The zero-order chi connectivity index (χ0) is 13.8. The summed E-state index contributed by atoms with van der Waals surface area (Å²) in [7, 11) is 1.59. The number of aromatic nitrogens is 1. The summed E-state index contributed by atoms with van der Waals surface area (Å²) in [5.74, 6) is 1.27. The molecule has 1 heterocycles. The van der Waals surface area contributed by atoms with E-state index in [0.717, 1.165) is 22.6 Å². The van der Waals surface area contributed by atoms with E-state index in [0.29, 0.717) is 17.4 Å². The molecule has 2 rings (SSSR count). The second-order valence-electron chi connectivity index (χ2n) is 4.13. The van der Waals surface area contributed by atoms with Crippen molar-refractivity contribution in [3.63, 3.8) is 0 Å². The third-order valence-electron chi connectivity index (χ3n) is 2.83. The zero-order valence-corrected chi connectivity index (χ0v) is 12.9. The standard InChI is InChI=1S/C14H16ClN3O.ClH/c1-9-6-7-12(19-2)18-14(9)17-11-5-3-4-10(8-16)13(11)15;/h3-7H,8,16H2,1-2H3,(H,17,18);1H. The van der Waals surface area contributed by atoms with Crippen LogP contribution in [-0.4, -0.2) is 12.1 Å². The minimum Gasteiger partial charge on any atom is -0.481 e. The van der Waals surface area contributed by atoms with Gasteiger partial charge in [-0.2, -0.15) is 4.98 Å². The van der Waals surface area contributed by atoms with Crippen molar-refractivity contribution in [2.24, 2.45) is 5.73 Å². The van der Waals surface area contributed by atoms with E-state index in [1.165, 1.54) is 0 Å². The Labute approximate surface area is 129 Å². The summed E-state index contributed by atoms with van der Waals surface area (Å²) in [5, 5.41) is 3.83. The number of rotatable bonds is 4. The maximum atomic E-state index is 6.28. The molecule has 0 radical (unpaired) electrons. The van der Waals surface area contributed by atoms with E-state index in [1.807, 2.05) is 37.3 Å². The normalized spacial score (nSPS) is 9.80. The van der Waals surface area contributed by atoms with Crippen LogP contribution in [0.25, 0.3) is 0 Å². The Hall–Kier alpha value is -1.49. The van der Waals surface area contributed by atoms with Gasteiger partial charge in [0.25, 0.3) is 0 Å². The lowest BCUT2D eigenvalue weighted by atomic mass is 10.2. The van der Waals surface area contributed by atoms with Gasteiger partial charge in [-0.15, -0.1) is 12.4 Å². The molecule has 3 N–H and O–H groups in total. The summed E-state index contributed by atoms with van der Waals surface area (Å²) in [6, 6.07) is 9.46. The van der Waals surface area contributed by atoms with Crippen LogP contribution in [0.1, 0.15) is 11.1 Å². The molecule has 0 aliphatic carbocycles. The second-order valence-corrected chi connectivity index (χ2v) is 4.50. The fourth-order valence-electron chi connectivity index (χ4n) is 1.71. The van der Waals surface area contributed by atoms with Crippen molar-refractivity contribution < 1.29 is 4.74 Å². The third kappa shape index (κ3) is 3.54. The highest BCUT2D eigenvalue weighted by Crippen LogP contribution is 2.29. The van der Waals surface area contributed by atoms with Crippen LogP contribution in [0.2, 0.25) is 5.02 Å². The van der Waals surface area contributed by atoms with Gasteiger partial charge in [0, 0.05) is 12.6 Å². The molecule has 0 unspecified atom stereocenters. The molecule has 0 aliphatic heterocycles. The van der Waals surface area contributed by atoms with Gasteiger partial charge in [0.15, 0.2) is 0 Å². The van der Waals surface area contributed by atoms with Crippen LogP contribution in [0.5, 0.6) is 5.88 Å². The molecule has 0 bridgehead atoms. The number of benzene rings is 1. The van der Waals surface area contributed by atoms with E-state index in [1.54, 1.807) is 7.11 Å². The Morgan fingerprint density at radius 1 is 1.30 bits per heavy atom. The molecule has 2 aromatic rings. The maximum Gasteiger partial charge on any atom is 0.214 e. The van der Waals surface area contributed by atoms with Gasteiger partial charge in [-0.05, 0) is 24.1 Å². The number of anilines is 2. The summed E-state index contributed by atoms with van der Waals surface area (Å²) >= 11 is 6.28. The highest BCUT2D eigenvalue weighted by molar-refractivity contribution is 6.34. The molecule has 108 valence electrons. The second kappa shape index (κ2) is 7.33. The lowest BCUT2D eigenvalue weighted by Gasteiger charge is -2.13. The first-order valence-corrected chi connectivity index (χ1v) is 6.29. The number of hydrogen-bond donors (Lipinski definition) is 2. The van der Waals surface area contributed by atoms with Gasteiger partial charge in [0.1, 0.15) is 5.82 Å².